The van der Waals surface area contributed by atoms with E-state index in [1.165, 1.54) is 0 Å². The second kappa shape index (κ2) is 3.30. The number of nitrogens with two attached hydrogens (primary N) is 1. The summed E-state index contributed by atoms with van der Waals surface area (Å²) in [6.07, 6.45) is 0.936. The minimum atomic E-state index is 0.0992. The Morgan fingerprint density at radius 2 is 2.50 bits per heavy atom. The quantitative estimate of drug-likeness (QED) is 0.488. The van der Waals surface area contributed by atoms with Crippen LogP contribution < -0.4 is 5.90 Å². The Hall–Kier alpha value is -0.160. The SMILES string of the molecule is CN1C[C@H](ON)C[C@H]1CO. The minimum Gasteiger partial charge on any atom is -0.395 e. The molecule has 0 aromatic rings. The van der Waals surface area contributed by atoms with Crippen LogP contribution in [-0.2, 0) is 4.84 Å². The molecule has 4 nitrogen and oxygen atoms in total. The van der Waals surface area contributed by atoms with Crippen LogP contribution in [0.15, 0.2) is 0 Å². The highest BCUT2D eigenvalue weighted by Crippen LogP contribution is 2.16. The first-order chi connectivity index (χ1) is 4.77. The van der Waals surface area contributed by atoms with E-state index in [0.717, 1.165) is 13.0 Å². The fraction of sp³-hybridized carbons (Fsp3) is 1.00. The molecule has 1 aliphatic rings. The average Bonchev–Trinajstić information content (AvgIpc) is 2.30. The fourth-order valence-electron chi connectivity index (χ4n) is 1.34. The number of likely N-dealkylation sites (N-methyl/N-ethyl adjacent to an activating group) is 1. The van der Waals surface area contributed by atoms with Crippen molar-refractivity contribution < 1.29 is 9.94 Å². The number of aliphatic hydroxyl groups excluding tert-OH is 1. The molecule has 0 aromatic heterocycles. The van der Waals surface area contributed by atoms with Crippen molar-refractivity contribution in [3.05, 3.63) is 0 Å². The zero-order valence-electron chi connectivity index (χ0n) is 6.16. The minimum absolute atomic E-state index is 0.0992. The van der Waals surface area contributed by atoms with Crippen LogP contribution in [0.5, 0.6) is 0 Å². The second-order valence-electron chi connectivity index (χ2n) is 2.77. The van der Waals surface area contributed by atoms with E-state index in [-0.39, 0.29) is 18.8 Å². The van der Waals surface area contributed by atoms with Crippen LogP contribution >= 0.6 is 0 Å². The summed E-state index contributed by atoms with van der Waals surface area (Å²) in [5.74, 6) is 5.00. The van der Waals surface area contributed by atoms with Crippen molar-refractivity contribution in [2.75, 3.05) is 20.2 Å². The van der Waals surface area contributed by atoms with Crippen LogP contribution in [0, 0.1) is 0 Å². The van der Waals surface area contributed by atoms with E-state index < -0.39 is 0 Å². The monoisotopic (exact) mass is 146 g/mol. The molecule has 1 heterocycles. The van der Waals surface area contributed by atoms with Gasteiger partial charge in [0.15, 0.2) is 0 Å². The molecule has 0 amide bonds. The maximum atomic E-state index is 8.81. The molecule has 1 saturated heterocycles. The van der Waals surface area contributed by atoms with Crippen LogP contribution in [0.25, 0.3) is 0 Å². The first kappa shape index (κ1) is 7.94. The van der Waals surface area contributed by atoms with Crippen molar-refractivity contribution in [1.29, 1.82) is 0 Å². The van der Waals surface area contributed by atoms with E-state index in [2.05, 4.69) is 9.74 Å². The largest absolute Gasteiger partial charge is 0.395 e. The summed E-state index contributed by atoms with van der Waals surface area (Å²) in [5.41, 5.74) is 0. The molecule has 0 unspecified atom stereocenters. The normalized spacial score (nSPS) is 35.1. The van der Waals surface area contributed by atoms with E-state index in [0.29, 0.717) is 0 Å². The number of likely N-dealkylation sites (tertiary alicyclic amines) is 1. The standard InChI is InChI=1S/C6H14N2O2/c1-8-3-6(10-7)2-5(8)4-9/h5-6,9H,2-4,7H2,1H3/t5-,6+/m0/s1. The zero-order valence-corrected chi connectivity index (χ0v) is 6.16. The highest BCUT2D eigenvalue weighted by atomic mass is 16.6. The zero-order chi connectivity index (χ0) is 7.56. The van der Waals surface area contributed by atoms with Gasteiger partial charge in [0.2, 0.25) is 0 Å². The molecule has 0 saturated carbocycles. The third-order valence-electron chi connectivity index (χ3n) is 2.05. The van der Waals surface area contributed by atoms with Gasteiger partial charge in [0.05, 0.1) is 12.7 Å². The molecular formula is C6H14N2O2. The topological polar surface area (TPSA) is 58.7 Å². The number of hydrogen-bond acceptors (Lipinski definition) is 4. The molecule has 0 aliphatic carbocycles. The van der Waals surface area contributed by atoms with Gasteiger partial charge >= 0.3 is 0 Å². The molecule has 3 N–H and O–H groups in total. The van der Waals surface area contributed by atoms with Crippen molar-refractivity contribution in [3.8, 4) is 0 Å². The molecule has 0 aromatic carbocycles. The van der Waals surface area contributed by atoms with Crippen LogP contribution in [0.1, 0.15) is 6.42 Å². The van der Waals surface area contributed by atoms with Crippen LogP contribution in [0.2, 0.25) is 0 Å². The molecule has 1 fully saturated rings. The molecular weight excluding hydrogens is 132 g/mol. The van der Waals surface area contributed by atoms with Crippen molar-refractivity contribution in [1.82, 2.24) is 4.90 Å². The highest BCUT2D eigenvalue weighted by Gasteiger charge is 2.28. The third-order valence-corrected chi connectivity index (χ3v) is 2.05. The predicted octanol–water partition coefficient (Wildman–Crippen LogP) is -1.06. The summed E-state index contributed by atoms with van der Waals surface area (Å²) in [7, 11) is 1.96. The summed E-state index contributed by atoms with van der Waals surface area (Å²) in [6.45, 7) is 1.01. The molecule has 0 spiro atoms. The molecule has 1 aliphatic heterocycles. The summed E-state index contributed by atoms with van der Waals surface area (Å²) < 4.78 is 0. The fourth-order valence-corrected chi connectivity index (χ4v) is 1.34. The van der Waals surface area contributed by atoms with E-state index in [9.17, 15) is 0 Å². The van der Waals surface area contributed by atoms with Gasteiger partial charge in [-0.25, -0.2) is 5.90 Å². The van der Waals surface area contributed by atoms with Crippen molar-refractivity contribution in [3.63, 3.8) is 0 Å². The van der Waals surface area contributed by atoms with Gasteiger partial charge in [0.1, 0.15) is 0 Å². The summed E-state index contributed by atoms with van der Waals surface area (Å²) >= 11 is 0. The Labute approximate surface area is 60.5 Å². The first-order valence-electron chi connectivity index (χ1n) is 3.44. The van der Waals surface area contributed by atoms with E-state index in [1.54, 1.807) is 0 Å². The Balaban J connectivity index is 2.36. The number of hydrogen-bond donors (Lipinski definition) is 2. The van der Waals surface area contributed by atoms with Crippen molar-refractivity contribution in [2.24, 2.45) is 5.90 Å². The van der Waals surface area contributed by atoms with Gasteiger partial charge in [-0.2, -0.15) is 0 Å². The smallest absolute Gasteiger partial charge is 0.0929 e. The Bertz CT molecular complexity index is 110. The van der Waals surface area contributed by atoms with Crippen LogP contribution in [0.3, 0.4) is 0 Å². The van der Waals surface area contributed by atoms with Gasteiger partial charge in [-0.15, -0.1) is 0 Å². The molecule has 2 atom stereocenters. The summed E-state index contributed by atoms with van der Waals surface area (Å²) in [5, 5.41) is 8.81. The lowest BCUT2D eigenvalue weighted by molar-refractivity contribution is 0.0609. The Morgan fingerprint density at radius 1 is 1.80 bits per heavy atom. The number of rotatable bonds is 2. The molecule has 0 bridgehead atoms. The maximum Gasteiger partial charge on any atom is 0.0929 e. The molecule has 60 valence electrons. The van der Waals surface area contributed by atoms with E-state index in [1.807, 2.05) is 7.05 Å². The summed E-state index contributed by atoms with van der Waals surface area (Å²) in [6, 6.07) is 0.230. The van der Waals surface area contributed by atoms with Gasteiger partial charge in [-0.3, -0.25) is 9.74 Å². The molecule has 4 heteroatoms. The first-order valence-corrected chi connectivity index (χ1v) is 3.44. The lowest BCUT2D eigenvalue weighted by Crippen LogP contribution is -2.28. The lowest BCUT2D eigenvalue weighted by atomic mass is 10.2. The van der Waals surface area contributed by atoms with E-state index in [4.69, 9.17) is 11.0 Å². The third kappa shape index (κ3) is 1.46. The number of aliphatic hydroxyl groups is 1. The van der Waals surface area contributed by atoms with E-state index >= 15 is 0 Å². The molecule has 1 rings (SSSR count). The van der Waals surface area contributed by atoms with Crippen molar-refractivity contribution in [2.45, 2.75) is 18.6 Å². The van der Waals surface area contributed by atoms with Gasteiger partial charge in [0, 0.05) is 12.6 Å². The Morgan fingerprint density at radius 3 is 2.80 bits per heavy atom. The summed E-state index contributed by atoms with van der Waals surface area (Å²) in [4.78, 5) is 6.71. The van der Waals surface area contributed by atoms with Gasteiger partial charge < -0.3 is 5.11 Å². The lowest BCUT2D eigenvalue weighted by Gasteiger charge is -2.14. The van der Waals surface area contributed by atoms with Crippen LogP contribution in [-0.4, -0.2) is 42.4 Å². The maximum absolute atomic E-state index is 8.81. The second-order valence-corrected chi connectivity index (χ2v) is 2.77. The predicted molar refractivity (Wildman–Crippen MR) is 37.2 cm³/mol. The van der Waals surface area contributed by atoms with Crippen molar-refractivity contribution >= 4 is 0 Å². The van der Waals surface area contributed by atoms with Gasteiger partial charge in [-0.1, -0.05) is 0 Å². The molecule has 10 heavy (non-hydrogen) atoms. The number of nitrogens with zero attached hydrogens (tertiary/aromatic N) is 1. The highest BCUT2D eigenvalue weighted by molar-refractivity contribution is 4.82. The average molecular weight is 146 g/mol. The molecule has 0 radical (unpaired) electrons. The Kier molecular flexibility index (Phi) is 2.62. The van der Waals surface area contributed by atoms with Gasteiger partial charge in [-0.05, 0) is 13.5 Å². The van der Waals surface area contributed by atoms with Crippen LogP contribution in [0.4, 0.5) is 0 Å². The van der Waals surface area contributed by atoms with Gasteiger partial charge in [0.25, 0.3) is 0 Å².